The predicted octanol–water partition coefficient (Wildman–Crippen LogP) is 4.21. The average molecular weight is 520 g/mol. The van der Waals surface area contributed by atoms with Gasteiger partial charge in [0.2, 0.25) is 0 Å². The van der Waals surface area contributed by atoms with Crippen molar-refractivity contribution in [3.63, 3.8) is 0 Å². The number of guanidine groups is 1. The van der Waals surface area contributed by atoms with Crippen LogP contribution in [0.5, 0.6) is 0 Å². The molecule has 0 saturated carbocycles. The van der Waals surface area contributed by atoms with Crippen molar-refractivity contribution >= 4 is 35.6 Å². The van der Waals surface area contributed by atoms with E-state index in [1.54, 1.807) is 18.3 Å². The highest BCUT2D eigenvalue weighted by Crippen LogP contribution is 2.17. The molecule has 1 atom stereocenters. The van der Waals surface area contributed by atoms with Gasteiger partial charge in [-0.1, -0.05) is 24.3 Å². The first-order valence-corrected chi connectivity index (χ1v) is 9.45. The van der Waals surface area contributed by atoms with Crippen LogP contribution >= 0.6 is 24.0 Å². The summed E-state index contributed by atoms with van der Waals surface area (Å²) in [6, 6.07) is 16.6. The zero-order valence-electron chi connectivity index (χ0n) is 16.9. The third kappa shape index (κ3) is 6.28. The first-order chi connectivity index (χ1) is 14.1. The van der Waals surface area contributed by atoms with Crippen molar-refractivity contribution in [1.29, 1.82) is 0 Å². The lowest BCUT2D eigenvalue weighted by molar-refractivity contribution is -0.384. The first kappa shape index (κ1) is 23.3. The van der Waals surface area contributed by atoms with Gasteiger partial charge in [-0.15, -0.1) is 24.0 Å². The van der Waals surface area contributed by atoms with Crippen LogP contribution in [0, 0.1) is 10.1 Å². The lowest BCUT2D eigenvalue weighted by Crippen LogP contribution is -2.38. The summed E-state index contributed by atoms with van der Waals surface area (Å²) in [6.45, 7) is 5.11. The summed E-state index contributed by atoms with van der Waals surface area (Å²) in [6.07, 6.45) is 3.65. The van der Waals surface area contributed by atoms with Crippen LogP contribution in [0.15, 0.2) is 72.0 Å². The van der Waals surface area contributed by atoms with Crippen molar-refractivity contribution in [2.45, 2.75) is 26.4 Å². The number of nitro groups is 1. The molecule has 0 aliphatic heterocycles. The van der Waals surface area contributed by atoms with Gasteiger partial charge in [0.1, 0.15) is 0 Å². The van der Waals surface area contributed by atoms with Crippen LogP contribution in [-0.4, -0.2) is 27.2 Å². The topological polar surface area (TPSA) is 97.4 Å². The summed E-state index contributed by atoms with van der Waals surface area (Å²) >= 11 is 0. The van der Waals surface area contributed by atoms with Gasteiger partial charge < -0.3 is 10.6 Å². The SMILES string of the molecule is CCNC(=NCc1cccc([N+](=O)[O-])c1)NC(C)c1cccc(-n2cccn2)c1.I. The van der Waals surface area contributed by atoms with Crippen molar-refractivity contribution < 1.29 is 4.92 Å². The van der Waals surface area contributed by atoms with Crippen LogP contribution in [0.4, 0.5) is 5.69 Å². The number of nitro benzene ring substituents is 1. The van der Waals surface area contributed by atoms with Crippen molar-refractivity contribution in [2.75, 3.05) is 6.54 Å². The van der Waals surface area contributed by atoms with Crippen molar-refractivity contribution in [2.24, 2.45) is 4.99 Å². The highest BCUT2D eigenvalue weighted by molar-refractivity contribution is 14.0. The molecule has 0 amide bonds. The summed E-state index contributed by atoms with van der Waals surface area (Å²) in [5.41, 5.74) is 2.93. The maximum Gasteiger partial charge on any atom is 0.269 e. The number of hydrogen-bond donors (Lipinski definition) is 2. The Kier molecular flexibility index (Phi) is 8.78. The first-order valence-electron chi connectivity index (χ1n) is 9.45. The summed E-state index contributed by atoms with van der Waals surface area (Å²) in [5.74, 6) is 0.649. The third-order valence-electron chi connectivity index (χ3n) is 4.38. The maximum absolute atomic E-state index is 10.9. The molecule has 0 saturated heterocycles. The monoisotopic (exact) mass is 520 g/mol. The quantitative estimate of drug-likeness (QED) is 0.160. The molecule has 1 heterocycles. The molecule has 0 aliphatic rings. The number of non-ortho nitro benzene ring substituents is 1. The van der Waals surface area contributed by atoms with Gasteiger partial charge in [-0.3, -0.25) is 10.1 Å². The second-order valence-electron chi connectivity index (χ2n) is 6.53. The Labute approximate surface area is 192 Å². The van der Waals surface area contributed by atoms with Crippen LogP contribution in [0.1, 0.15) is 31.0 Å². The highest BCUT2D eigenvalue weighted by atomic mass is 127. The van der Waals surface area contributed by atoms with Crippen LogP contribution in [0.25, 0.3) is 5.69 Å². The molecule has 9 heteroatoms. The molecule has 0 bridgehead atoms. The Hall–Kier alpha value is -2.95. The van der Waals surface area contributed by atoms with Crippen LogP contribution in [-0.2, 0) is 6.54 Å². The van der Waals surface area contributed by atoms with Gasteiger partial charge in [-0.25, -0.2) is 9.67 Å². The number of benzene rings is 2. The van der Waals surface area contributed by atoms with E-state index in [1.807, 2.05) is 42.1 Å². The van der Waals surface area contributed by atoms with Crippen LogP contribution in [0.3, 0.4) is 0 Å². The number of rotatable bonds is 7. The molecule has 0 fully saturated rings. The van der Waals surface area contributed by atoms with E-state index in [2.05, 4.69) is 39.8 Å². The molecule has 0 aliphatic carbocycles. The van der Waals surface area contributed by atoms with E-state index >= 15 is 0 Å². The third-order valence-corrected chi connectivity index (χ3v) is 4.38. The van der Waals surface area contributed by atoms with E-state index in [4.69, 9.17) is 0 Å². The van der Waals surface area contributed by atoms with E-state index in [1.165, 1.54) is 6.07 Å². The molecule has 8 nitrogen and oxygen atoms in total. The Morgan fingerprint density at radius 2 is 2.03 bits per heavy atom. The summed E-state index contributed by atoms with van der Waals surface area (Å²) in [5, 5.41) is 21.8. The molecule has 0 spiro atoms. The molecule has 1 unspecified atom stereocenters. The zero-order valence-corrected chi connectivity index (χ0v) is 19.2. The number of aromatic nitrogens is 2. The van der Waals surface area contributed by atoms with Gasteiger partial charge in [0.25, 0.3) is 5.69 Å². The Balaban J connectivity index is 0.00000320. The zero-order chi connectivity index (χ0) is 20.6. The molecule has 30 heavy (non-hydrogen) atoms. The second kappa shape index (κ2) is 11.3. The second-order valence-corrected chi connectivity index (χ2v) is 6.53. The number of halogens is 1. The highest BCUT2D eigenvalue weighted by Gasteiger charge is 2.10. The van der Waals surface area contributed by atoms with Gasteiger partial charge in [0, 0.05) is 31.1 Å². The Bertz CT molecular complexity index is 991. The minimum atomic E-state index is -0.397. The fraction of sp³-hybridized carbons (Fsp3) is 0.238. The lowest BCUT2D eigenvalue weighted by atomic mass is 10.1. The fourth-order valence-corrected chi connectivity index (χ4v) is 2.91. The van der Waals surface area contributed by atoms with E-state index < -0.39 is 4.92 Å². The molecule has 2 aromatic carbocycles. The predicted molar refractivity (Wildman–Crippen MR) is 128 cm³/mol. The van der Waals surface area contributed by atoms with Crippen molar-refractivity contribution in [3.8, 4) is 5.69 Å². The molecule has 3 rings (SSSR count). The van der Waals surface area contributed by atoms with E-state index in [0.29, 0.717) is 19.0 Å². The van der Waals surface area contributed by atoms with Gasteiger partial charge in [0.05, 0.1) is 23.2 Å². The standard InChI is InChI=1S/C21H24N6O2.HI/c1-3-22-21(23-15-17-7-4-10-20(13-17)27(28)29)25-16(2)18-8-5-9-19(14-18)26-12-6-11-24-26;/h4-14,16H,3,15H2,1-2H3,(H2,22,23,25);1H. The molecule has 1 aromatic heterocycles. The Morgan fingerprint density at radius 3 is 2.73 bits per heavy atom. The molecule has 158 valence electrons. The summed E-state index contributed by atoms with van der Waals surface area (Å²) in [4.78, 5) is 15.1. The van der Waals surface area contributed by atoms with E-state index in [9.17, 15) is 10.1 Å². The fourth-order valence-electron chi connectivity index (χ4n) is 2.91. The van der Waals surface area contributed by atoms with Gasteiger partial charge in [0.15, 0.2) is 5.96 Å². The summed E-state index contributed by atoms with van der Waals surface area (Å²) < 4.78 is 1.82. The number of nitrogens with one attached hydrogen (secondary N) is 2. The van der Waals surface area contributed by atoms with E-state index in [-0.39, 0.29) is 35.7 Å². The van der Waals surface area contributed by atoms with Gasteiger partial charge in [-0.05, 0) is 43.2 Å². The van der Waals surface area contributed by atoms with Gasteiger partial charge in [-0.2, -0.15) is 5.10 Å². The number of aliphatic imine (C=N–C) groups is 1. The molecule has 2 N–H and O–H groups in total. The Morgan fingerprint density at radius 1 is 1.23 bits per heavy atom. The summed E-state index contributed by atoms with van der Waals surface area (Å²) in [7, 11) is 0. The number of hydrogen-bond acceptors (Lipinski definition) is 4. The van der Waals surface area contributed by atoms with Crippen LogP contribution in [0.2, 0.25) is 0 Å². The minimum absolute atomic E-state index is 0. The van der Waals surface area contributed by atoms with Gasteiger partial charge >= 0.3 is 0 Å². The normalized spacial score (nSPS) is 12.0. The maximum atomic E-state index is 10.9. The largest absolute Gasteiger partial charge is 0.357 e. The van der Waals surface area contributed by atoms with Crippen molar-refractivity contribution in [3.05, 3.63) is 88.2 Å². The molecule has 3 aromatic rings. The van der Waals surface area contributed by atoms with E-state index in [0.717, 1.165) is 16.8 Å². The lowest BCUT2D eigenvalue weighted by Gasteiger charge is -2.19. The number of nitrogens with zero attached hydrogens (tertiary/aromatic N) is 4. The molecule has 0 radical (unpaired) electrons. The smallest absolute Gasteiger partial charge is 0.269 e. The molecular formula is C21H25IN6O2. The molecular weight excluding hydrogens is 495 g/mol. The van der Waals surface area contributed by atoms with Crippen molar-refractivity contribution in [1.82, 2.24) is 20.4 Å². The average Bonchev–Trinajstić information content (AvgIpc) is 3.27. The minimum Gasteiger partial charge on any atom is -0.357 e. The van der Waals surface area contributed by atoms with Crippen LogP contribution < -0.4 is 10.6 Å².